The van der Waals surface area contributed by atoms with Gasteiger partial charge in [0.15, 0.2) is 0 Å². The minimum absolute atomic E-state index is 0.0251. The summed E-state index contributed by atoms with van der Waals surface area (Å²) in [5, 5.41) is 0. The second-order valence-electron chi connectivity index (χ2n) is 3.55. The molecule has 1 N–H and O–H groups in total. The Hall–Kier alpha value is -1.20. The normalized spacial score (nSPS) is 20.7. The zero-order chi connectivity index (χ0) is 10.7. The fraction of sp³-hybridized carbons (Fsp3) is 0.600. The predicted molar refractivity (Wildman–Crippen MR) is 53.5 cm³/mol. The Labute approximate surface area is 87.4 Å². The van der Waals surface area contributed by atoms with Crippen LogP contribution in [0.3, 0.4) is 0 Å². The maximum absolute atomic E-state index is 11.3. The minimum atomic E-state index is -0.150. The number of nitrogens with one attached hydrogen (secondary N) is 1. The number of aromatic nitrogens is 2. The number of hydrogen-bond acceptors (Lipinski definition) is 4. The van der Waals surface area contributed by atoms with E-state index in [1.807, 2.05) is 0 Å². The summed E-state index contributed by atoms with van der Waals surface area (Å²) in [6.45, 7) is 1.06. The van der Waals surface area contributed by atoms with E-state index in [1.54, 1.807) is 7.11 Å². The van der Waals surface area contributed by atoms with Crippen LogP contribution < -0.4 is 5.56 Å². The molecular formula is C10H14N2O3. The summed E-state index contributed by atoms with van der Waals surface area (Å²) in [6.07, 6.45) is 1.93. The van der Waals surface area contributed by atoms with E-state index in [9.17, 15) is 4.79 Å². The van der Waals surface area contributed by atoms with Crippen molar-refractivity contribution >= 4 is 0 Å². The zero-order valence-corrected chi connectivity index (χ0v) is 8.66. The van der Waals surface area contributed by atoms with Gasteiger partial charge in [-0.25, -0.2) is 4.98 Å². The van der Waals surface area contributed by atoms with Gasteiger partial charge in [-0.1, -0.05) is 0 Å². The topological polar surface area (TPSA) is 64.2 Å². The van der Waals surface area contributed by atoms with Crippen molar-refractivity contribution in [1.82, 2.24) is 9.97 Å². The van der Waals surface area contributed by atoms with Crippen molar-refractivity contribution in [3.8, 4) is 0 Å². The van der Waals surface area contributed by atoms with Crippen molar-refractivity contribution in [1.29, 1.82) is 0 Å². The maximum atomic E-state index is 11.3. The maximum Gasteiger partial charge on any atom is 0.251 e. The lowest BCUT2D eigenvalue weighted by atomic mass is 10.2. The first kappa shape index (κ1) is 10.3. The van der Waals surface area contributed by atoms with Gasteiger partial charge < -0.3 is 14.5 Å². The van der Waals surface area contributed by atoms with Crippen LogP contribution in [0.2, 0.25) is 0 Å². The molecule has 1 atom stereocenters. The van der Waals surface area contributed by atoms with E-state index in [4.69, 9.17) is 9.47 Å². The van der Waals surface area contributed by atoms with E-state index < -0.39 is 0 Å². The SMILES string of the molecule is COCc1nc(C2CCCO2)cc(=O)[nH]1. The number of H-pyrrole nitrogens is 1. The Kier molecular flexibility index (Phi) is 3.13. The fourth-order valence-electron chi connectivity index (χ4n) is 1.71. The summed E-state index contributed by atoms with van der Waals surface area (Å²) in [5.74, 6) is 0.551. The van der Waals surface area contributed by atoms with E-state index in [0.29, 0.717) is 18.1 Å². The first-order valence-corrected chi connectivity index (χ1v) is 5.00. The quantitative estimate of drug-likeness (QED) is 0.800. The van der Waals surface area contributed by atoms with Crippen LogP contribution in [0, 0.1) is 0 Å². The molecule has 0 radical (unpaired) electrons. The Morgan fingerprint density at radius 1 is 1.73 bits per heavy atom. The second kappa shape index (κ2) is 4.55. The first-order valence-electron chi connectivity index (χ1n) is 5.00. The van der Waals surface area contributed by atoms with Crippen LogP contribution in [0.15, 0.2) is 10.9 Å². The van der Waals surface area contributed by atoms with E-state index in [0.717, 1.165) is 19.4 Å². The van der Waals surface area contributed by atoms with Gasteiger partial charge in [-0.3, -0.25) is 4.79 Å². The molecule has 2 heterocycles. The van der Waals surface area contributed by atoms with Gasteiger partial charge in [-0.2, -0.15) is 0 Å². The number of hydrogen-bond donors (Lipinski definition) is 1. The molecule has 82 valence electrons. The molecule has 15 heavy (non-hydrogen) atoms. The van der Waals surface area contributed by atoms with E-state index in [-0.39, 0.29) is 11.7 Å². The smallest absolute Gasteiger partial charge is 0.251 e. The number of methoxy groups -OCH3 is 1. The lowest BCUT2D eigenvalue weighted by molar-refractivity contribution is 0.107. The van der Waals surface area contributed by atoms with Crippen molar-refractivity contribution in [2.45, 2.75) is 25.6 Å². The molecule has 0 saturated carbocycles. The van der Waals surface area contributed by atoms with Gasteiger partial charge in [-0.05, 0) is 12.8 Å². The van der Waals surface area contributed by atoms with E-state index >= 15 is 0 Å². The van der Waals surface area contributed by atoms with Gasteiger partial charge in [0.1, 0.15) is 12.4 Å². The molecule has 1 unspecified atom stereocenters. The highest BCUT2D eigenvalue weighted by atomic mass is 16.5. The molecule has 0 bridgehead atoms. The monoisotopic (exact) mass is 210 g/mol. The number of ether oxygens (including phenoxy) is 2. The van der Waals surface area contributed by atoms with Crippen LogP contribution >= 0.6 is 0 Å². The molecule has 1 aliphatic rings. The number of nitrogens with zero attached hydrogens (tertiary/aromatic N) is 1. The van der Waals surface area contributed by atoms with Crippen LogP contribution in [-0.2, 0) is 16.1 Å². The van der Waals surface area contributed by atoms with Crippen molar-refractivity contribution in [2.75, 3.05) is 13.7 Å². The van der Waals surface area contributed by atoms with Gasteiger partial charge in [-0.15, -0.1) is 0 Å². The molecule has 1 aromatic heterocycles. The van der Waals surface area contributed by atoms with Gasteiger partial charge in [0.2, 0.25) is 0 Å². The highest BCUT2D eigenvalue weighted by molar-refractivity contribution is 5.07. The standard InChI is InChI=1S/C10H14N2O3/c1-14-6-9-11-7(5-10(13)12-9)8-3-2-4-15-8/h5,8H,2-4,6H2,1H3,(H,11,12,13). The van der Waals surface area contributed by atoms with E-state index in [1.165, 1.54) is 6.07 Å². The number of rotatable bonds is 3. The summed E-state index contributed by atoms with van der Waals surface area (Å²) in [6, 6.07) is 1.50. The Balaban J connectivity index is 2.26. The van der Waals surface area contributed by atoms with Gasteiger partial charge in [0, 0.05) is 19.8 Å². The summed E-state index contributed by atoms with van der Waals surface area (Å²) in [7, 11) is 1.57. The summed E-state index contributed by atoms with van der Waals surface area (Å²) in [5.41, 5.74) is 0.561. The molecule has 0 spiro atoms. The predicted octanol–water partition coefficient (Wildman–Crippen LogP) is 0.768. The summed E-state index contributed by atoms with van der Waals surface area (Å²) < 4.78 is 10.4. The Bertz CT molecular complexity index is 382. The van der Waals surface area contributed by atoms with E-state index in [2.05, 4.69) is 9.97 Å². The molecule has 2 rings (SSSR count). The fourth-order valence-corrected chi connectivity index (χ4v) is 1.71. The van der Waals surface area contributed by atoms with Crippen molar-refractivity contribution < 1.29 is 9.47 Å². The summed E-state index contributed by atoms with van der Waals surface area (Å²) in [4.78, 5) is 18.3. The van der Waals surface area contributed by atoms with Crippen molar-refractivity contribution in [2.24, 2.45) is 0 Å². The molecule has 1 fully saturated rings. The van der Waals surface area contributed by atoms with Crippen LogP contribution in [0.1, 0.15) is 30.5 Å². The molecule has 0 aromatic carbocycles. The highest BCUT2D eigenvalue weighted by Crippen LogP contribution is 2.25. The third-order valence-electron chi connectivity index (χ3n) is 2.35. The van der Waals surface area contributed by atoms with Crippen LogP contribution in [0.5, 0.6) is 0 Å². The van der Waals surface area contributed by atoms with Crippen molar-refractivity contribution in [3.63, 3.8) is 0 Å². The average molecular weight is 210 g/mol. The molecule has 0 aliphatic carbocycles. The first-order chi connectivity index (χ1) is 7.29. The molecule has 0 amide bonds. The zero-order valence-electron chi connectivity index (χ0n) is 8.66. The third-order valence-corrected chi connectivity index (χ3v) is 2.35. The lowest BCUT2D eigenvalue weighted by Crippen LogP contribution is -2.15. The van der Waals surface area contributed by atoms with Gasteiger partial charge >= 0.3 is 0 Å². The molecule has 1 aromatic rings. The van der Waals surface area contributed by atoms with Crippen LogP contribution in [0.4, 0.5) is 0 Å². The second-order valence-corrected chi connectivity index (χ2v) is 3.55. The van der Waals surface area contributed by atoms with Crippen LogP contribution in [0.25, 0.3) is 0 Å². The minimum Gasteiger partial charge on any atom is -0.377 e. The average Bonchev–Trinajstić information content (AvgIpc) is 2.70. The molecular weight excluding hydrogens is 196 g/mol. The molecule has 1 saturated heterocycles. The van der Waals surface area contributed by atoms with Crippen LogP contribution in [-0.4, -0.2) is 23.7 Å². The molecule has 1 aliphatic heterocycles. The third kappa shape index (κ3) is 2.43. The Morgan fingerprint density at radius 2 is 2.60 bits per heavy atom. The number of aromatic amines is 1. The molecule has 5 heteroatoms. The summed E-state index contributed by atoms with van der Waals surface area (Å²) >= 11 is 0. The molecule has 5 nitrogen and oxygen atoms in total. The van der Waals surface area contributed by atoms with Crippen molar-refractivity contribution in [3.05, 3.63) is 27.9 Å². The van der Waals surface area contributed by atoms with Gasteiger partial charge in [0.25, 0.3) is 5.56 Å². The lowest BCUT2D eigenvalue weighted by Gasteiger charge is -2.09. The highest BCUT2D eigenvalue weighted by Gasteiger charge is 2.19. The largest absolute Gasteiger partial charge is 0.377 e. The van der Waals surface area contributed by atoms with Gasteiger partial charge in [0.05, 0.1) is 11.8 Å². The Morgan fingerprint density at radius 3 is 3.27 bits per heavy atom.